The lowest BCUT2D eigenvalue weighted by Crippen LogP contribution is -2.25. The molecule has 2 aromatic carbocycles. The van der Waals surface area contributed by atoms with Gasteiger partial charge in [-0.2, -0.15) is 5.10 Å². The molecule has 0 saturated heterocycles. The molecule has 1 N–H and O–H groups in total. The third-order valence-electron chi connectivity index (χ3n) is 3.36. The summed E-state index contributed by atoms with van der Waals surface area (Å²) in [5.41, 5.74) is 3.26. The summed E-state index contributed by atoms with van der Waals surface area (Å²) in [5, 5.41) is 14.8. The maximum absolute atomic E-state index is 12.0. The van der Waals surface area contributed by atoms with Crippen LogP contribution in [0.3, 0.4) is 0 Å². The summed E-state index contributed by atoms with van der Waals surface area (Å²) in [4.78, 5) is 22.3. The van der Waals surface area contributed by atoms with Crippen LogP contribution in [0.5, 0.6) is 11.5 Å². The Kier molecular flexibility index (Phi) is 7.31. The first kappa shape index (κ1) is 20.8. The number of carbonyl (C=O) groups is 1. The molecule has 0 aliphatic carbocycles. The van der Waals surface area contributed by atoms with E-state index in [-0.39, 0.29) is 12.3 Å². The molecule has 142 valence electrons. The summed E-state index contributed by atoms with van der Waals surface area (Å²) in [6.07, 6.45) is 0. The van der Waals surface area contributed by atoms with Gasteiger partial charge in [0.1, 0.15) is 0 Å². The van der Waals surface area contributed by atoms with Crippen molar-refractivity contribution in [2.24, 2.45) is 5.10 Å². The highest BCUT2D eigenvalue weighted by Gasteiger charge is 2.13. The van der Waals surface area contributed by atoms with E-state index < -0.39 is 10.8 Å². The molecule has 0 heterocycles. The quantitative estimate of drug-likeness (QED) is 0.351. The molecule has 8 nitrogen and oxygen atoms in total. The molecule has 0 saturated carbocycles. The van der Waals surface area contributed by atoms with Gasteiger partial charge in [0.2, 0.25) is 0 Å². The number of non-ortho nitro benzene ring substituents is 1. The third-order valence-corrected chi connectivity index (χ3v) is 4.41. The molecule has 27 heavy (non-hydrogen) atoms. The molecule has 0 unspecified atom stereocenters. The van der Waals surface area contributed by atoms with Crippen LogP contribution in [0, 0.1) is 10.1 Å². The molecule has 1 amide bonds. The normalized spacial score (nSPS) is 11.0. The average Bonchev–Trinajstić information content (AvgIpc) is 2.64. The zero-order valence-electron chi connectivity index (χ0n) is 14.4. The van der Waals surface area contributed by atoms with Gasteiger partial charge in [-0.15, -0.1) is 0 Å². The summed E-state index contributed by atoms with van der Waals surface area (Å²) in [5.74, 6) is 0.354. The Morgan fingerprint density at radius 2 is 2.04 bits per heavy atom. The number of nitrogens with one attached hydrogen (secondary N) is 1. The first-order valence-corrected chi connectivity index (χ1v) is 9.14. The Labute approximate surface area is 172 Å². The van der Waals surface area contributed by atoms with Gasteiger partial charge >= 0.3 is 0 Å². The fourth-order valence-electron chi connectivity index (χ4n) is 2.05. The van der Waals surface area contributed by atoms with Crippen LogP contribution in [0.1, 0.15) is 12.5 Å². The number of hydrazone groups is 1. The van der Waals surface area contributed by atoms with Crippen LogP contribution in [0.4, 0.5) is 5.69 Å². The number of nitro benzene ring substituents is 1. The summed E-state index contributed by atoms with van der Waals surface area (Å²) in [7, 11) is 1.49. The molecular weight excluding hydrogens is 486 g/mol. The van der Waals surface area contributed by atoms with Crippen molar-refractivity contribution < 1.29 is 19.2 Å². The number of nitrogens with zero attached hydrogens (tertiary/aromatic N) is 2. The van der Waals surface area contributed by atoms with Gasteiger partial charge in [0.15, 0.2) is 18.1 Å². The Morgan fingerprint density at radius 1 is 1.30 bits per heavy atom. The molecule has 0 bridgehead atoms. The van der Waals surface area contributed by atoms with E-state index >= 15 is 0 Å². The van der Waals surface area contributed by atoms with E-state index in [4.69, 9.17) is 9.47 Å². The minimum absolute atomic E-state index is 0.0520. The molecule has 0 spiro atoms. The largest absolute Gasteiger partial charge is 0.493 e. The lowest BCUT2D eigenvalue weighted by molar-refractivity contribution is -0.384. The number of halogens is 2. The minimum atomic E-state index is -0.493. The van der Waals surface area contributed by atoms with E-state index in [1.165, 1.54) is 19.2 Å². The molecule has 0 aliphatic heterocycles. The third kappa shape index (κ3) is 5.76. The van der Waals surface area contributed by atoms with Gasteiger partial charge in [-0.25, -0.2) is 5.43 Å². The molecule has 0 atom stereocenters. The topological polar surface area (TPSA) is 103 Å². The van der Waals surface area contributed by atoms with Crippen LogP contribution in [0.25, 0.3) is 0 Å². The number of methoxy groups -OCH3 is 1. The maximum Gasteiger partial charge on any atom is 0.277 e. The molecule has 2 rings (SSSR count). The fourth-order valence-corrected chi connectivity index (χ4v) is 3.35. The van der Waals surface area contributed by atoms with Crippen molar-refractivity contribution >= 4 is 49.2 Å². The minimum Gasteiger partial charge on any atom is -0.493 e. The van der Waals surface area contributed by atoms with Crippen molar-refractivity contribution in [3.63, 3.8) is 0 Å². The molecule has 0 radical (unpaired) electrons. The van der Waals surface area contributed by atoms with Crippen molar-refractivity contribution in [3.8, 4) is 11.5 Å². The first-order valence-electron chi connectivity index (χ1n) is 7.55. The summed E-state index contributed by atoms with van der Waals surface area (Å²) in [6, 6.07) is 9.45. The van der Waals surface area contributed by atoms with Crippen LogP contribution in [-0.4, -0.2) is 30.3 Å². The van der Waals surface area contributed by atoms with E-state index in [0.717, 1.165) is 4.47 Å². The van der Waals surface area contributed by atoms with Gasteiger partial charge in [-0.1, -0.05) is 28.1 Å². The molecular formula is C17H15Br2N3O5. The zero-order chi connectivity index (χ0) is 20.0. The Bertz CT molecular complexity index is 902. The summed E-state index contributed by atoms with van der Waals surface area (Å²) < 4.78 is 12.1. The number of hydrogen-bond donors (Lipinski definition) is 1. The number of nitro groups is 1. The number of amides is 1. The van der Waals surface area contributed by atoms with Crippen LogP contribution < -0.4 is 14.9 Å². The van der Waals surface area contributed by atoms with Gasteiger partial charge in [0.25, 0.3) is 11.6 Å². The Morgan fingerprint density at radius 3 is 2.70 bits per heavy atom. The van der Waals surface area contributed by atoms with Crippen molar-refractivity contribution in [3.05, 3.63) is 61.0 Å². The van der Waals surface area contributed by atoms with Gasteiger partial charge in [-0.3, -0.25) is 14.9 Å². The molecule has 10 heteroatoms. The maximum atomic E-state index is 12.0. The number of ether oxygens (including phenoxy) is 2. The SMILES string of the molecule is COc1cc(Br)cc(Br)c1OCC(=O)N/N=C(\C)c1cccc([N+](=O)[O-])c1. The lowest BCUT2D eigenvalue weighted by Gasteiger charge is -2.12. The number of benzene rings is 2. The van der Waals surface area contributed by atoms with E-state index in [0.29, 0.717) is 27.2 Å². The molecule has 2 aromatic rings. The number of rotatable bonds is 7. The summed E-state index contributed by atoms with van der Waals surface area (Å²) in [6.45, 7) is 1.34. The molecule has 0 aromatic heterocycles. The number of carbonyl (C=O) groups excluding carboxylic acids is 1. The lowest BCUT2D eigenvalue weighted by atomic mass is 10.1. The Hall–Kier alpha value is -2.46. The fraction of sp³-hybridized carbons (Fsp3) is 0.176. The molecule has 0 fully saturated rings. The predicted molar refractivity (Wildman–Crippen MR) is 107 cm³/mol. The second-order valence-corrected chi connectivity index (χ2v) is 7.02. The van der Waals surface area contributed by atoms with Crippen LogP contribution in [-0.2, 0) is 4.79 Å². The monoisotopic (exact) mass is 499 g/mol. The predicted octanol–water partition coefficient (Wildman–Crippen LogP) is 4.05. The van der Waals surface area contributed by atoms with E-state index in [1.54, 1.807) is 31.2 Å². The zero-order valence-corrected chi connectivity index (χ0v) is 17.5. The van der Waals surface area contributed by atoms with E-state index in [2.05, 4.69) is 42.4 Å². The second kappa shape index (κ2) is 9.47. The van der Waals surface area contributed by atoms with Gasteiger partial charge in [0, 0.05) is 22.2 Å². The summed E-state index contributed by atoms with van der Waals surface area (Å²) >= 11 is 6.69. The van der Waals surface area contributed by atoms with E-state index in [1.807, 2.05) is 0 Å². The highest BCUT2D eigenvalue weighted by molar-refractivity contribution is 9.11. The van der Waals surface area contributed by atoms with E-state index in [9.17, 15) is 14.9 Å². The first-order chi connectivity index (χ1) is 12.8. The van der Waals surface area contributed by atoms with Crippen molar-refractivity contribution in [1.29, 1.82) is 0 Å². The number of hydrogen-bond acceptors (Lipinski definition) is 6. The molecule has 0 aliphatic rings. The van der Waals surface area contributed by atoms with Crippen molar-refractivity contribution in [1.82, 2.24) is 5.43 Å². The van der Waals surface area contributed by atoms with Crippen LogP contribution >= 0.6 is 31.9 Å². The highest BCUT2D eigenvalue weighted by Crippen LogP contribution is 2.38. The van der Waals surface area contributed by atoms with Crippen LogP contribution in [0.15, 0.2) is 50.4 Å². The van der Waals surface area contributed by atoms with Gasteiger partial charge in [0.05, 0.1) is 22.2 Å². The van der Waals surface area contributed by atoms with Crippen LogP contribution in [0.2, 0.25) is 0 Å². The van der Waals surface area contributed by atoms with Gasteiger partial charge in [-0.05, 0) is 35.0 Å². The van der Waals surface area contributed by atoms with Crippen molar-refractivity contribution in [2.45, 2.75) is 6.92 Å². The second-order valence-electron chi connectivity index (χ2n) is 5.25. The smallest absolute Gasteiger partial charge is 0.277 e. The average molecular weight is 501 g/mol. The standard InChI is InChI=1S/C17H15Br2N3O5/c1-10(11-4-3-5-13(6-11)22(24)25)20-21-16(23)9-27-17-14(19)7-12(18)8-15(17)26-2/h3-8H,9H2,1-2H3,(H,21,23)/b20-10+. The Balaban J connectivity index is 2.01. The highest BCUT2D eigenvalue weighted by atomic mass is 79.9. The van der Waals surface area contributed by atoms with Crippen molar-refractivity contribution in [2.75, 3.05) is 13.7 Å². The van der Waals surface area contributed by atoms with Gasteiger partial charge < -0.3 is 9.47 Å².